The number of nitrogens with zero attached hydrogens (tertiary/aromatic N) is 2. The van der Waals surface area contributed by atoms with Crippen molar-refractivity contribution in [3.8, 4) is 5.75 Å². The lowest BCUT2D eigenvalue weighted by molar-refractivity contribution is -0.116. The lowest BCUT2D eigenvalue weighted by Gasteiger charge is -2.11. The highest BCUT2D eigenvalue weighted by Gasteiger charge is 2.33. The molecule has 96 valence electrons. The summed E-state index contributed by atoms with van der Waals surface area (Å²) in [6.45, 7) is 4.40. The summed E-state index contributed by atoms with van der Waals surface area (Å²) in [5, 5.41) is 10.6. The van der Waals surface area contributed by atoms with Crippen LogP contribution in [0.4, 0.5) is 5.69 Å². The molecular formula is C13H17N3O2. The topological polar surface area (TPSA) is 63.0 Å². The maximum atomic E-state index is 11.8. The largest absolute Gasteiger partial charge is 0.492 e. The molecule has 5 nitrogen and oxygen atoms in total. The monoisotopic (exact) mass is 247 g/mol. The second kappa shape index (κ2) is 5.16. The van der Waals surface area contributed by atoms with Crippen LogP contribution in [0.25, 0.3) is 0 Å². The van der Waals surface area contributed by atoms with Gasteiger partial charge in [-0.15, -0.1) is 0 Å². The van der Waals surface area contributed by atoms with Gasteiger partial charge in [-0.25, -0.2) is 0 Å². The molecule has 1 aliphatic rings. The molecule has 0 radical (unpaired) electrons. The number of para-hydroxylation sites is 2. The average molecular weight is 247 g/mol. The van der Waals surface area contributed by atoms with Gasteiger partial charge >= 0.3 is 0 Å². The van der Waals surface area contributed by atoms with Gasteiger partial charge < -0.3 is 10.1 Å². The van der Waals surface area contributed by atoms with Crippen LogP contribution in [0.1, 0.15) is 26.7 Å². The van der Waals surface area contributed by atoms with Crippen molar-refractivity contribution in [3.63, 3.8) is 0 Å². The van der Waals surface area contributed by atoms with E-state index in [-0.39, 0.29) is 11.6 Å². The molecule has 1 heterocycles. The summed E-state index contributed by atoms with van der Waals surface area (Å²) >= 11 is 0. The van der Waals surface area contributed by atoms with Gasteiger partial charge in [0.1, 0.15) is 5.75 Å². The van der Waals surface area contributed by atoms with Crippen molar-refractivity contribution in [1.82, 2.24) is 0 Å². The Morgan fingerprint density at radius 3 is 2.78 bits per heavy atom. The normalized spacial score (nSPS) is 15.2. The Balaban J connectivity index is 1.89. The lowest BCUT2D eigenvalue weighted by Crippen LogP contribution is -2.16. The number of amides is 1. The van der Waals surface area contributed by atoms with Crippen molar-refractivity contribution in [1.29, 1.82) is 0 Å². The third-order valence-corrected chi connectivity index (χ3v) is 2.73. The van der Waals surface area contributed by atoms with Gasteiger partial charge in [0.05, 0.1) is 12.3 Å². The zero-order valence-corrected chi connectivity index (χ0v) is 10.6. The zero-order chi connectivity index (χ0) is 13.0. The second-order valence-corrected chi connectivity index (χ2v) is 4.39. The Labute approximate surface area is 106 Å². The van der Waals surface area contributed by atoms with Crippen molar-refractivity contribution in [2.45, 2.75) is 32.4 Å². The van der Waals surface area contributed by atoms with Crippen LogP contribution in [0.15, 0.2) is 34.5 Å². The predicted molar refractivity (Wildman–Crippen MR) is 68.7 cm³/mol. The maximum absolute atomic E-state index is 11.8. The molecule has 0 fully saturated rings. The smallest absolute Gasteiger partial charge is 0.224 e. The van der Waals surface area contributed by atoms with Gasteiger partial charge in [-0.2, -0.15) is 10.2 Å². The van der Waals surface area contributed by atoms with E-state index in [9.17, 15) is 4.79 Å². The van der Waals surface area contributed by atoms with E-state index in [1.165, 1.54) is 0 Å². The lowest BCUT2D eigenvalue weighted by atomic mass is 10.1. The molecule has 0 aromatic heterocycles. The molecule has 1 aliphatic heterocycles. The number of ether oxygens (including phenoxy) is 1. The number of carbonyl (C=O) groups is 1. The van der Waals surface area contributed by atoms with E-state index in [0.29, 0.717) is 30.9 Å². The maximum Gasteiger partial charge on any atom is 0.224 e. The first-order valence-electron chi connectivity index (χ1n) is 6.09. The standard InChI is InChI=1S/C13H17N3O2/c1-3-18-11-7-5-4-6-10(11)14-12(17)8-9-13(2)15-16-13/h4-7H,3,8-9H2,1-2H3,(H,14,17). The number of carbonyl (C=O) groups excluding carboxylic acids is 1. The van der Waals surface area contributed by atoms with Gasteiger partial charge in [-0.05, 0) is 26.0 Å². The Bertz CT molecular complexity index is 465. The number of nitrogens with one attached hydrogen (secondary N) is 1. The molecule has 2 rings (SSSR count). The van der Waals surface area contributed by atoms with Gasteiger partial charge in [0.25, 0.3) is 0 Å². The fourth-order valence-corrected chi connectivity index (χ4v) is 1.60. The minimum atomic E-state index is -0.323. The van der Waals surface area contributed by atoms with E-state index in [4.69, 9.17) is 4.74 Å². The molecule has 0 spiro atoms. The van der Waals surface area contributed by atoms with Gasteiger partial charge in [0, 0.05) is 12.8 Å². The predicted octanol–water partition coefficient (Wildman–Crippen LogP) is 2.99. The Kier molecular flexibility index (Phi) is 3.60. The second-order valence-electron chi connectivity index (χ2n) is 4.39. The molecule has 1 aromatic carbocycles. The molecule has 5 heteroatoms. The molecular weight excluding hydrogens is 230 g/mol. The SMILES string of the molecule is CCOc1ccccc1NC(=O)CCC1(C)N=N1. The minimum Gasteiger partial charge on any atom is -0.492 e. The molecule has 1 aromatic rings. The van der Waals surface area contributed by atoms with E-state index in [1.807, 2.05) is 38.1 Å². The fourth-order valence-electron chi connectivity index (χ4n) is 1.60. The van der Waals surface area contributed by atoms with E-state index in [2.05, 4.69) is 15.5 Å². The zero-order valence-electron chi connectivity index (χ0n) is 10.6. The molecule has 0 atom stereocenters. The molecule has 0 bridgehead atoms. The van der Waals surface area contributed by atoms with Crippen LogP contribution >= 0.6 is 0 Å². The summed E-state index contributed by atoms with van der Waals surface area (Å²) in [5.41, 5.74) is 0.385. The number of rotatable bonds is 6. The summed E-state index contributed by atoms with van der Waals surface area (Å²) in [4.78, 5) is 11.8. The quantitative estimate of drug-likeness (QED) is 0.839. The molecule has 0 aliphatic carbocycles. The van der Waals surface area contributed by atoms with Gasteiger partial charge in [0.15, 0.2) is 5.66 Å². The number of anilines is 1. The van der Waals surface area contributed by atoms with Crippen LogP contribution in [0.5, 0.6) is 5.75 Å². The molecule has 0 saturated carbocycles. The Morgan fingerprint density at radius 2 is 2.11 bits per heavy atom. The highest BCUT2D eigenvalue weighted by Crippen LogP contribution is 2.32. The van der Waals surface area contributed by atoms with Crippen molar-refractivity contribution in [3.05, 3.63) is 24.3 Å². The van der Waals surface area contributed by atoms with Gasteiger partial charge in [-0.3, -0.25) is 4.79 Å². The number of hydrogen-bond acceptors (Lipinski definition) is 4. The third-order valence-electron chi connectivity index (χ3n) is 2.73. The van der Waals surface area contributed by atoms with Crippen LogP contribution < -0.4 is 10.1 Å². The first-order valence-corrected chi connectivity index (χ1v) is 6.09. The Hall–Kier alpha value is -1.91. The summed E-state index contributed by atoms with van der Waals surface area (Å²) in [5.74, 6) is 0.654. The highest BCUT2D eigenvalue weighted by molar-refractivity contribution is 5.92. The summed E-state index contributed by atoms with van der Waals surface area (Å²) in [6.07, 6.45) is 1.06. The molecule has 0 unspecified atom stereocenters. The minimum absolute atomic E-state index is 0.0410. The van der Waals surface area contributed by atoms with E-state index in [1.54, 1.807) is 0 Å². The van der Waals surface area contributed by atoms with Crippen LogP contribution in [-0.4, -0.2) is 18.2 Å². The summed E-state index contributed by atoms with van der Waals surface area (Å²) in [6, 6.07) is 7.41. The first kappa shape index (κ1) is 12.5. The molecule has 1 amide bonds. The van der Waals surface area contributed by atoms with Crippen molar-refractivity contribution in [2.24, 2.45) is 10.2 Å². The Morgan fingerprint density at radius 1 is 1.39 bits per heavy atom. The van der Waals surface area contributed by atoms with Gasteiger partial charge in [-0.1, -0.05) is 12.1 Å². The molecule has 1 N–H and O–H groups in total. The first-order chi connectivity index (χ1) is 8.63. The average Bonchev–Trinajstić information content (AvgIpc) is 3.09. The van der Waals surface area contributed by atoms with Crippen molar-refractivity contribution >= 4 is 11.6 Å². The van der Waals surface area contributed by atoms with Crippen LogP contribution in [0, 0.1) is 0 Å². The van der Waals surface area contributed by atoms with Crippen molar-refractivity contribution < 1.29 is 9.53 Å². The van der Waals surface area contributed by atoms with Gasteiger partial charge in [0.2, 0.25) is 5.91 Å². The summed E-state index contributed by atoms with van der Waals surface area (Å²) in [7, 11) is 0. The highest BCUT2D eigenvalue weighted by atomic mass is 16.5. The van der Waals surface area contributed by atoms with Crippen LogP contribution in [-0.2, 0) is 4.79 Å². The molecule has 0 saturated heterocycles. The van der Waals surface area contributed by atoms with Crippen LogP contribution in [0.3, 0.4) is 0 Å². The number of benzene rings is 1. The third kappa shape index (κ3) is 3.29. The van der Waals surface area contributed by atoms with E-state index >= 15 is 0 Å². The van der Waals surface area contributed by atoms with Crippen LogP contribution in [0.2, 0.25) is 0 Å². The fraction of sp³-hybridized carbons (Fsp3) is 0.462. The summed E-state index contributed by atoms with van der Waals surface area (Å²) < 4.78 is 5.44. The van der Waals surface area contributed by atoms with E-state index < -0.39 is 0 Å². The van der Waals surface area contributed by atoms with E-state index in [0.717, 1.165) is 0 Å². The molecule has 18 heavy (non-hydrogen) atoms. The van der Waals surface area contributed by atoms with Crippen molar-refractivity contribution in [2.75, 3.05) is 11.9 Å². The number of hydrogen-bond donors (Lipinski definition) is 1.